The van der Waals surface area contributed by atoms with Gasteiger partial charge in [0.05, 0.1) is 5.92 Å². The van der Waals surface area contributed by atoms with Gasteiger partial charge in [-0.2, -0.15) is 0 Å². The number of piperidine rings is 1. The molecule has 0 aromatic carbocycles. The average Bonchev–Trinajstić information content (AvgIpc) is 2.84. The minimum atomic E-state index is 0.211. The molecule has 0 saturated carbocycles. The van der Waals surface area contributed by atoms with Crippen molar-refractivity contribution in [3.05, 3.63) is 0 Å². The second-order valence-corrected chi connectivity index (χ2v) is 6.21. The van der Waals surface area contributed by atoms with E-state index in [4.69, 9.17) is 0 Å². The Kier molecular flexibility index (Phi) is 4.31. The van der Waals surface area contributed by atoms with Gasteiger partial charge in [0.15, 0.2) is 0 Å². The molecule has 2 heterocycles. The SMILES string of the molecule is CCC1(CC)CCN(C(=O)C2CCCNC2C)C1. The number of nitrogens with one attached hydrogen (secondary N) is 1. The maximum atomic E-state index is 12.6. The molecular weight excluding hydrogens is 224 g/mol. The Hall–Kier alpha value is -0.570. The van der Waals surface area contributed by atoms with Crippen LogP contribution in [0.2, 0.25) is 0 Å². The number of carbonyl (C=O) groups is 1. The third-order valence-corrected chi connectivity index (χ3v) is 5.33. The summed E-state index contributed by atoms with van der Waals surface area (Å²) in [4.78, 5) is 14.8. The molecule has 2 aliphatic heterocycles. The van der Waals surface area contributed by atoms with E-state index in [0.717, 1.165) is 32.5 Å². The average molecular weight is 252 g/mol. The molecule has 18 heavy (non-hydrogen) atoms. The van der Waals surface area contributed by atoms with Gasteiger partial charge in [0.2, 0.25) is 5.91 Å². The van der Waals surface area contributed by atoms with Gasteiger partial charge < -0.3 is 10.2 Å². The lowest BCUT2D eigenvalue weighted by Gasteiger charge is -2.33. The molecule has 0 bridgehead atoms. The van der Waals surface area contributed by atoms with Crippen molar-refractivity contribution in [3.8, 4) is 0 Å². The summed E-state index contributed by atoms with van der Waals surface area (Å²) in [6.07, 6.45) is 5.80. The Morgan fingerprint density at radius 1 is 1.39 bits per heavy atom. The van der Waals surface area contributed by atoms with Gasteiger partial charge in [0.1, 0.15) is 0 Å². The van der Waals surface area contributed by atoms with E-state index in [-0.39, 0.29) is 5.92 Å². The van der Waals surface area contributed by atoms with E-state index in [1.807, 2.05) is 0 Å². The lowest BCUT2D eigenvalue weighted by molar-refractivity contribution is -0.136. The highest BCUT2D eigenvalue weighted by atomic mass is 16.2. The Labute approximate surface area is 111 Å². The zero-order valence-corrected chi connectivity index (χ0v) is 12.2. The fourth-order valence-electron chi connectivity index (χ4n) is 3.57. The van der Waals surface area contributed by atoms with Gasteiger partial charge >= 0.3 is 0 Å². The molecule has 2 unspecified atom stereocenters. The van der Waals surface area contributed by atoms with Crippen molar-refractivity contribution in [1.82, 2.24) is 10.2 Å². The number of amides is 1. The highest BCUT2D eigenvalue weighted by molar-refractivity contribution is 5.80. The highest BCUT2D eigenvalue weighted by Gasteiger charge is 2.40. The predicted molar refractivity (Wildman–Crippen MR) is 74.4 cm³/mol. The monoisotopic (exact) mass is 252 g/mol. The van der Waals surface area contributed by atoms with Crippen LogP contribution in [0.15, 0.2) is 0 Å². The van der Waals surface area contributed by atoms with Crippen LogP contribution in [0, 0.1) is 11.3 Å². The molecule has 104 valence electrons. The van der Waals surface area contributed by atoms with Crippen LogP contribution in [0.3, 0.4) is 0 Å². The van der Waals surface area contributed by atoms with E-state index in [2.05, 4.69) is 31.0 Å². The van der Waals surface area contributed by atoms with Crippen molar-refractivity contribution in [2.75, 3.05) is 19.6 Å². The lowest BCUT2D eigenvalue weighted by atomic mass is 9.82. The predicted octanol–water partition coefficient (Wildman–Crippen LogP) is 2.41. The smallest absolute Gasteiger partial charge is 0.227 e. The number of hydrogen-bond acceptors (Lipinski definition) is 2. The first-order valence-corrected chi connectivity index (χ1v) is 7.64. The Bertz CT molecular complexity index is 299. The van der Waals surface area contributed by atoms with Gasteiger partial charge in [-0.15, -0.1) is 0 Å². The van der Waals surface area contributed by atoms with Crippen LogP contribution in [0.4, 0.5) is 0 Å². The summed E-state index contributed by atoms with van der Waals surface area (Å²) in [5.41, 5.74) is 0.404. The van der Waals surface area contributed by atoms with Crippen LogP contribution >= 0.6 is 0 Å². The number of nitrogens with zero attached hydrogens (tertiary/aromatic N) is 1. The van der Waals surface area contributed by atoms with Crippen LogP contribution < -0.4 is 5.32 Å². The number of carbonyl (C=O) groups excluding carboxylic acids is 1. The third kappa shape index (κ3) is 2.56. The molecule has 1 N–H and O–H groups in total. The van der Waals surface area contributed by atoms with Gasteiger partial charge in [-0.3, -0.25) is 4.79 Å². The van der Waals surface area contributed by atoms with Crippen LogP contribution in [-0.2, 0) is 4.79 Å². The summed E-state index contributed by atoms with van der Waals surface area (Å²) in [6, 6.07) is 0.351. The van der Waals surface area contributed by atoms with Gasteiger partial charge in [-0.05, 0) is 51.0 Å². The van der Waals surface area contributed by atoms with Crippen LogP contribution in [0.5, 0.6) is 0 Å². The fourth-order valence-corrected chi connectivity index (χ4v) is 3.57. The van der Waals surface area contributed by atoms with Gasteiger partial charge in [0, 0.05) is 19.1 Å². The maximum Gasteiger partial charge on any atom is 0.227 e. The van der Waals surface area contributed by atoms with E-state index < -0.39 is 0 Å². The molecule has 2 atom stereocenters. The zero-order chi connectivity index (χ0) is 13.2. The van der Waals surface area contributed by atoms with E-state index in [1.165, 1.54) is 19.3 Å². The van der Waals surface area contributed by atoms with Crippen molar-refractivity contribution in [2.45, 2.75) is 58.9 Å². The molecule has 3 heteroatoms. The molecule has 0 spiro atoms. The van der Waals surface area contributed by atoms with E-state index in [9.17, 15) is 4.79 Å². The summed E-state index contributed by atoms with van der Waals surface area (Å²) in [6.45, 7) is 9.72. The number of likely N-dealkylation sites (tertiary alicyclic amines) is 1. The molecule has 0 aliphatic carbocycles. The topological polar surface area (TPSA) is 32.3 Å². The molecule has 0 aromatic rings. The first kappa shape index (κ1) is 13.9. The van der Waals surface area contributed by atoms with Crippen molar-refractivity contribution in [3.63, 3.8) is 0 Å². The van der Waals surface area contributed by atoms with Crippen LogP contribution in [0.25, 0.3) is 0 Å². The molecular formula is C15H28N2O. The summed E-state index contributed by atoms with van der Waals surface area (Å²) in [5, 5.41) is 3.44. The zero-order valence-electron chi connectivity index (χ0n) is 12.2. The molecule has 1 amide bonds. The van der Waals surface area contributed by atoms with Crippen molar-refractivity contribution in [2.24, 2.45) is 11.3 Å². The highest BCUT2D eigenvalue weighted by Crippen LogP contribution is 2.38. The molecule has 2 aliphatic rings. The first-order chi connectivity index (χ1) is 8.62. The normalized spacial score (nSPS) is 31.6. The Balaban J connectivity index is 1.98. The standard InChI is InChI=1S/C15H28N2O/c1-4-15(5-2)8-10-17(11-15)14(18)13-7-6-9-16-12(13)3/h12-13,16H,4-11H2,1-3H3. The van der Waals surface area contributed by atoms with E-state index in [0.29, 0.717) is 17.4 Å². The number of rotatable bonds is 3. The first-order valence-electron chi connectivity index (χ1n) is 7.64. The summed E-state index contributed by atoms with van der Waals surface area (Å²) in [7, 11) is 0. The largest absolute Gasteiger partial charge is 0.342 e. The molecule has 2 saturated heterocycles. The van der Waals surface area contributed by atoms with Crippen molar-refractivity contribution < 1.29 is 4.79 Å². The summed E-state index contributed by atoms with van der Waals surface area (Å²) in [5.74, 6) is 0.613. The third-order valence-electron chi connectivity index (χ3n) is 5.33. The second-order valence-electron chi connectivity index (χ2n) is 6.21. The quantitative estimate of drug-likeness (QED) is 0.836. The molecule has 2 fully saturated rings. The van der Waals surface area contributed by atoms with Crippen LogP contribution in [-0.4, -0.2) is 36.5 Å². The van der Waals surface area contributed by atoms with Crippen molar-refractivity contribution in [1.29, 1.82) is 0 Å². The lowest BCUT2D eigenvalue weighted by Crippen LogP contribution is -2.48. The molecule has 2 rings (SSSR count). The Morgan fingerprint density at radius 2 is 2.11 bits per heavy atom. The minimum absolute atomic E-state index is 0.211. The molecule has 3 nitrogen and oxygen atoms in total. The van der Waals surface area contributed by atoms with Crippen LogP contribution in [0.1, 0.15) is 52.9 Å². The molecule has 0 aromatic heterocycles. The Morgan fingerprint density at radius 3 is 2.67 bits per heavy atom. The molecule has 0 radical (unpaired) electrons. The van der Waals surface area contributed by atoms with Gasteiger partial charge in [0.25, 0.3) is 0 Å². The van der Waals surface area contributed by atoms with Gasteiger partial charge in [-0.1, -0.05) is 13.8 Å². The fraction of sp³-hybridized carbons (Fsp3) is 0.933. The number of hydrogen-bond donors (Lipinski definition) is 1. The van der Waals surface area contributed by atoms with E-state index in [1.54, 1.807) is 0 Å². The van der Waals surface area contributed by atoms with Gasteiger partial charge in [-0.25, -0.2) is 0 Å². The minimum Gasteiger partial charge on any atom is -0.342 e. The maximum absolute atomic E-state index is 12.6. The van der Waals surface area contributed by atoms with E-state index >= 15 is 0 Å². The van der Waals surface area contributed by atoms with Crippen molar-refractivity contribution >= 4 is 5.91 Å². The summed E-state index contributed by atoms with van der Waals surface area (Å²) < 4.78 is 0. The summed E-state index contributed by atoms with van der Waals surface area (Å²) >= 11 is 0. The second kappa shape index (κ2) is 5.60.